The molecule has 3 aromatic heterocycles. The van der Waals surface area contributed by atoms with E-state index in [-0.39, 0.29) is 45.5 Å². The van der Waals surface area contributed by atoms with E-state index in [1.165, 1.54) is 25.3 Å². The van der Waals surface area contributed by atoms with Gasteiger partial charge in [-0.3, -0.25) is 0 Å². The van der Waals surface area contributed by atoms with Crippen molar-refractivity contribution in [2.24, 2.45) is 5.41 Å². The lowest BCUT2D eigenvalue weighted by Gasteiger charge is -2.16. The Balaban J connectivity index is 1.30. The van der Waals surface area contributed by atoms with Gasteiger partial charge in [-0.1, -0.05) is 6.07 Å². The van der Waals surface area contributed by atoms with Crippen LogP contribution in [0.2, 0.25) is 0 Å². The molecule has 0 unspecified atom stereocenters. The molecule has 0 bridgehead atoms. The Morgan fingerprint density at radius 3 is 2.40 bits per heavy atom. The highest BCUT2D eigenvalue weighted by molar-refractivity contribution is 5.89. The second-order valence-corrected chi connectivity index (χ2v) is 11.3. The van der Waals surface area contributed by atoms with Crippen LogP contribution < -0.4 is 4.74 Å². The third-order valence-corrected chi connectivity index (χ3v) is 8.09. The molecule has 3 heterocycles. The van der Waals surface area contributed by atoms with Crippen molar-refractivity contribution in [2.45, 2.75) is 38.8 Å². The van der Waals surface area contributed by atoms with Gasteiger partial charge in [0.15, 0.2) is 17.2 Å². The fourth-order valence-electron chi connectivity index (χ4n) is 5.28. The predicted molar refractivity (Wildman–Crippen MR) is 159 cm³/mol. The van der Waals surface area contributed by atoms with Crippen molar-refractivity contribution in [3.05, 3.63) is 106 Å². The Bertz CT molecular complexity index is 2130. The summed E-state index contributed by atoms with van der Waals surface area (Å²) in [6.07, 6.45) is 1.75. The Morgan fingerprint density at radius 2 is 1.70 bits per heavy atom. The van der Waals surface area contributed by atoms with Crippen LogP contribution >= 0.6 is 0 Å². The maximum Gasteiger partial charge on any atom is 0.356 e. The molecule has 0 saturated heterocycles. The van der Waals surface area contributed by atoms with Crippen LogP contribution in [0.1, 0.15) is 52.3 Å². The van der Waals surface area contributed by atoms with Gasteiger partial charge in [-0.25, -0.2) is 37.3 Å². The zero-order valence-electron chi connectivity index (χ0n) is 24.9. The van der Waals surface area contributed by atoms with Crippen LogP contribution in [0.5, 0.6) is 5.88 Å². The lowest BCUT2D eigenvalue weighted by Crippen LogP contribution is -2.16. The van der Waals surface area contributed by atoms with Gasteiger partial charge in [0.2, 0.25) is 0 Å². The molecule has 47 heavy (non-hydrogen) atoms. The lowest BCUT2D eigenvalue weighted by atomic mass is 10.0. The molecule has 0 N–H and O–H groups in total. The molecule has 6 rings (SSSR count). The largest absolute Gasteiger partial charge is 0.471 e. The quantitative estimate of drug-likeness (QED) is 0.124. The van der Waals surface area contributed by atoms with E-state index in [0.29, 0.717) is 30.0 Å². The van der Waals surface area contributed by atoms with E-state index < -0.39 is 41.7 Å². The number of fused-ring (bicyclic) bond motifs is 1. The van der Waals surface area contributed by atoms with Gasteiger partial charge in [-0.15, -0.1) is 0 Å². The highest BCUT2D eigenvalue weighted by Gasteiger charge is 2.43. The number of halogens is 4. The number of benzene rings is 2. The minimum atomic E-state index is -0.895. The summed E-state index contributed by atoms with van der Waals surface area (Å²) in [4.78, 5) is 25.2. The second kappa shape index (κ2) is 12.5. The predicted octanol–water partition coefficient (Wildman–Crippen LogP) is 6.57. The van der Waals surface area contributed by atoms with E-state index >= 15 is 8.78 Å². The SMILES string of the molecule is COC(=O)c1ccc2nc(Cc3cc(F)c(-c4ccc(F)c(OCc5ccc(C#N)cc5F)n4)cc3F)n(CC3(CC#N)CC3)c2n1. The summed E-state index contributed by atoms with van der Waals surface area (Å²) < 4.78 is 71.8. The van der Waals surface area contributed by atoms with Crippen LogP contribution in [0, 0.1) is 51.3 Å². The summed E-state index contributed by atoms with van der Waals surface area (Å²) in [5.74, 6) is -4.09. The molecule has 13 heteroatoms. The number of nitrogens with zero attached hydrogens (tertiary/aromatic N) is 6. The minimum absolute atomic E-state index is 0.0315. The number of imidazole rings is 1. The van der Waals surface area contributed by atoms with Gasteiger partial charge < -0.3 is 14.0 Å². The fraction of sp³-hybridized carbons (Fsp3) is 0.235. The summed E-state index contributed by atoms with van der Waals surface area (Å²) in [6.45, 7) is -0.0752. The number of ether oxygens (including phenoxy) is 2. The molecule has 1 fully saturated rings. The number of methoxy groups -OCH3 is 1. The maximum atomic E-state index is 15.6. The standard InChI is InChI=1S/C34H24F4N6O3/c1-46-33(45)29-7-6-28-31(42-29)44(18-34(8-9-34)10-11-39)30(41-28)14-21-13-26(38)22(15-25(21)37)27-5-4-23(35)32(43-27)47-17-20-3-2-19(16-40)12-24(20)36/h2-7,12-13,15H,8-10,14,17-18H2,1H3. The van der Waals surface area contributed by atoms with Gasteiger partial charge >= 0.3 is 5.97 Å². The molecule has 0 radical (unpaired) electrons. The first-order valence-corrected chi connectivity index (χ1v) is 14.4. The number of carbonyl (C=O) groups is 1. The van der Waals surface area contributed by atoms with Gasteiger partial charge in [0.05, 0.1) is 30.5 Å². The molecule has 236 valence electrons. The number of pyridine rings is 2. The fourth-order valence-corrected chi connectivity index (χ4v) is 5.28. The molecule has 0 atom stereocenters. The first-order valence-electron chi connectivity index (χ1n) is 14.4. The first-order chi connectivity index (χ1) is 22.6. The van der Waals surface area contributed by atoms with Gasteiger partial charge in [0, 0.05) is 35.9 Å². The molecule has 1 aliphatic carbocycles. The van der Waals surface area contributed by atoms with Gasteiger partial charge in [-0.05, 0) is 66.9 Å². The van der Waals surface area contributed by atoms with Crippen molar-refractivity contribution < 1.29 is 31.8 Å². The monoisotopic (exact) mass is 640 g/mol. The van der Waals surface area contributed by atoms with E-state index in [0.717, 1.165) is 43.2 Å². The number of hydrogen-bond acceptors (Lipinski definition) is 8. The molecule has 0 amide bonds. The molecular formula is C34H24F4N6O3. The lowest BCUT2D eigenvalue weighted by molar-refractivity contribution is 0.0594. The smallest absolute Gasteiger partial charge is 0.356 e. The number of nitriles is 2. The molecule has 1 aliphatic rings. The molecule has 2 aromatic carbocycles. The van der Waals surface area contributed by atoms with E-state index in [4.69, 9.17) is 14.7 Å². The second-order valence-electron chi connectivity index (χ2n) is 11.3. The average molecular weight is 641 g/mol. The summed E-state index contributed by atoms with van der Waals surface area (Å²) in [6, 6.07) is 14.9. The van der Waals surface area contributed by atoms with Crippen molar-refractivity contribution in [3.63, 3.8) is 0 Å². The van der Waals surface area contributed by atoms with Crippen LogP contribution in [0.25, 0.3) is 22.4 Å². The average Bonchev–Trinajstić information content (AvgIpc) is 3.75. The summed E-state index contributed by atoms with van der Waals surface area (Å²) in [5.41, 5.74) is 0.260. The Hall–Kier alpha value is -5.82. The van der Waals surface area contributed by atoms with E-state index in [1.807, 2.05) is 6.07 Å². The van der Waals surface area contributed by atoms with Crippen LogP contribution in [-0.4, -0.2) is 32.6 Å². The highest BCUT2D eigenvalue weighted by atomic mass is 19.1. The molecule has 0 aliphatic heterocycles. The zero-order chi connectivity index (χ0) is 33.3. The first kappa shape index (κ1) is 31.2. The molecular weight excluding hydrogens is 616 g/mol. The Kier molecular flexibility index (Phi) is 8.31. The number of esters is 1. The number of carbonyl (C=O) groups excluding carboxylic acids is 1. The maximum absolute atomic E-state index is 15.6. The van der Waals surface area contributed by atoms with Gasteiger partial charge in [0.25, 0.3) is 5.88 Å². The topological polar surface area (TPSA) is 127 Å². The van der Waals surface area contributed by atoms with Gasteiger partial charge in [-0.2, -0.15) is 10.5 Å². The van der Waals surface area contributed by atoms with Crippen molar-refractivity contribution >= 4 is 17.1 Å². The van der Waals surface area contributed by atoms with Gasteiger partial charge in [0.1, 0.15) is 35.4 Å². The zero-order valence-corrected chi connectivity index (χ0v) is 24.9. The molecule has 9 nitrogen and oxygen atoms in total. The van der Waals surface area contributed by atoms with Crippen LogP contribution in [0.15, 0.2) is 54.6 Å². The van der Waals surface area contributed by atoms with Crippen LogP contribution in [0.3, 0.4) is 0 Å². The third-order valence-electron chi connectivity index (χ3n) is 8.09. The Labute approximate surface area is 265 Å². The van der Waals surface area contributed by atoms with E-state index in [2.05, 4.69) is 21.0 Å². The Morgan fingerprint density at radius 1 is 0.915 bits per heavy atom. The molecule has 0 spiro atoms. The number of hydrogen-bond donors (Lipinski definition) is 0. The van der Waals surface area contributed by atoms with Crippen LogP contribution in [-0.2, 0) is 24.3 Å². The number of rotatable bonds is 10. The summed E-state index contributed by atoms with van der Waals surface area (Å²) in [5, 5.41) is 18.3. The number of aromatic nitrogens is 4. The van der Waals surface area contributed by atoms with Crippen molar-refractivity contribution in [2.75, 3.05) is 7.11 Å². The normalized spacial score (nSPS) is 13.2. The van der Waals surface area contributed by atoms with Crippen molar-refractivity contribution in [1.29, 1.82) is 10.5 Å². The highest BCUT2D eigenvalue weighted by Crippen LogP contribution is 2.50. The van der Waals surface area contributed by atoms with Crippen LogP contribution in [0.4, 0.5) is 17.6 Å². The summed E-state index contributed by atoms with van der Waals surface area (Å²) >= 11 is 0. The molecule has 5 aromatic rings. The summed E-state index contributed by atoms with van der Waals surface area (Å²) in [7, 11) is 1.23. The van der Waals surface area contributed by atoms with Crippen molar-refractivity contribution in [1.82, 2.24) is 19.5 Å². The van der Waals surface area contributed by atoms with E-state index in [9.17, 15) is 18.8 Å². The van der Waals surface area contributed by atoms with E-state index in [1.54, 1.807) is 10.6 Å². The van der Waals surface area contributed by atoms with Crippen molar-refractivity contribution in [3.8, 4) is 29.3 Å². The third kappa shape index (κ3) is 6.33. The molecule has 1 saturated carbocycles. The minimum Gasteiger partial charge on any atom is -0.471 e.